The fourth-order valence-electron chi connectivity index (χ4n) is 3.90. The molecule has 1 aromatic heterocycles. The maximum absolute atomic E-state index is 13.2. The van der Waals surface area contributed by atoms with E-state index >= 15 is 0 Å². The molecule has 0 bridgehead atoms. The summed E-state index contributed by atoms with van der Waals surface area (Å²) in [5.74, 6) is -0.256. The molecule has 0 spiro atoms. The van der Waals surface area contributed by atoms with Gasteiger partial charge in [0.05, 0.1) is 10.2 Å². The van der Waals surface area contributed by atoms with E-state index in [9.17, 15) is 9.59 Å². The summed E-state index contributed by atoms with van der Waals surface area (Å²) in [6.07, 6.45) is 0. The minimum atomic E-state index is -0.556. The molecule has 2 atom stereocenters. The molecule has 2 aromatic carbocycles. The SMILES string of the molecule is CC1(C)SC2c3ccccc3C(=O)N2C1C(=O)Nc1nc2ccccc2s1. The Bertz CT molecular complexity index is 1060. The van der Waals surface area contributed by atoms with Crippen LogP contribution < -0.4 is 5.32 Å². The van der Waals surface area contributed by atoms with Gasteiger partial charge in [-0.05, 0) is 37.6 Å². The first-order valence-corrected chi connectivity index (χ1v) is 10.4. The first-order chi connectivity index (χ1) is 13.0. The van der Waals surface area contributed by atoms with Crippen molar-refractivity contribution in [1.29, 1.82) is 0 Å². The topological polar surface area (TPSA) is 62.3 Å². The van der Waals surface area contributed by atoms with Crippen LogP contribution in [0, 0.1) is 0 Å². The number of carbonyl (C=O) groups is 2. The number of rotatable bonds is 2. The quantitative estimate of drug-likeness (QED) is 0.703. The van der Waals surface area contributed by atoms with E-state index in [1.165, 1.54) is 11.3 Å². The average molecular weight is 396 g/mol. The van der Waals surface area contributed by atoms with Crippen molar-refractivity contribution in [3.05, 3.63) is 59.7 Å². The molecule has 136 valence electrons. The van der Waals surface area contributed by atoms with Crippen molar-refractivity contribution in [2.75, 3.05) is 5.32 Å². The van der Waals surface area contributed by atoms with Crippen molar-refractivity contribution in [3.8, 4) is 0 Å². The van der Waals surface area contributed by atoms with Crippen LogP contribution in [0.3, 0.4) is 0 Å². The number of fused-ring (bicyclic) bond motifs is 4. The molecule has 2 aliphatic rings. The van der Waals surface area contributed by atoms with Gasteiger partial charge in [-0.1, -0.05) is 41.7 Å². The van der Waals surface area contributed by atoms with Crippen molar-refractivity contribution >= 4 is 50.3 Å². The van der Waals surface area contributed by atoms with Crippen LogP contribution >= 0.6 is 23.1 Å². The van der Waals surface area contributed by atoms with Crippen molar-refractivity contribution in [1.82, 2.24) is 9.88 Å². The van der Waals surface area contributed by atoms with Gasteiger partial charge in [0.1, 0.15) is 11.4 Å². The zero-order valence-electron chi connectivity index (χ0n) is 14.8. The summed E-state index contributed by atoms with van der Waals surface area (Å²) in [4.78, 5) is 32.4. The second-order valence-electron chi connectivity index (χ2n) is 7.25. The summed E-state index contributed by atoms with van der Waals surface area (Å²) in [5.41, 5.74) is 2.56. The molecule has 3 aromatic rings. The molecule has 1 fully saturated rings. The van der Waals surface area contributed by atoms with Crippen LogP contribution in [0.5, 0.6) is 0 Å². The van der Waals surface area contributed by atoms with Crippen LogP contribution in [-0.4, -0.2) is 32.5 Å². The zero-order chi connectivity index (χ0) is 18.8. The van der Waals surface area contributed by atoms with E-state index in [2.05, 4.69) is 10.3 Å². The number of thiazole rings is 1. The Kier molecular flexibility index (Phi) is 3.61. The lowest BCUT2D eigenvalue weighted by atomic mass is 10.0. The van der Waals surface area contributed by atoms with Gasteiger partial charge in [-0.25, -0.2) is 4.98 Å². The smallest absolute Gasteiger partial charge is 0.256 e. The molecule has 0 radical (unpaired) electrons. The molecular formula is C20H17N3O2S2. The first kappa shape index (κ1) is 16.8. The highest BCUT2D eigenvalue weighted by Crippen LogP contribution is 2.56. The highest BCUT2D eigenvalue weighted by Gasteiger charge is 2.57. The average Bonchev–Trinajstić information content (AvgIpc) is 3.25. The molecule has 1 saturated heterocycles. The Hall–Kier alpha value is -2.38. The van der Waals surface area contributed by atoms with Crippen LogP contribution in [0.1, 0.15) is 35.1 Å². The number of nitrogens with one attached hydrogen (secondary N) is 1. The number of hydrogen-bond acceptors (Lipinski definition) is 5. The minimum Gasteiger partial charge on any atom is -0.309 e. The van der Waals surface area contributed by atoms with Crippen molar-refractivity contribution in [3.63, 3.8) is 0 Å². The van der Waals surface area contributed by atoms with Gasteiger partial charge in [-0.3, -0.25) is 9.59 Å². The molecule has 2 unspecified atom stereocenters. The van der Waals surface area contributed by atoms with E-state index in [4.69, 9.17) is 0 Å². The molecule has 7 heteroatoms. The molecule has 2 amide bonds. The van der Waals surface area contributed by atoms with Gasteiger partial charge in [0.25, 0.3) is 5.91 Å². The lowest BCUT2D eigenvalue weighted by molar-refractivity contribution is -0.121. The Morgan fingerprint density at radius 3 is 2.70 bits per heavy atom. The molecule has 2 aliphatic heterocycles. The first-order valence-electron chi connectivity index (χ1n) is 8.71. The Morgan fingerprint density at radius 2 is 1.89 bits per heavy atom. The number of carbonyl (C=O) groups excluding carboxylic acids is 2. The second-order valence-corrected chi connectivity index (χ2v) is 10.0. The number of benzene rings is 2. The van der Waals surface area contributed by atoms with Crippen LogP contribution in [0.25, 0.3) is 10.2 Å². The third kappa shape index (κ3) is 2.49. The largest absolute Gasteiger partial charge is 0.309 e. The van der Waals surface area contributed by atoms with E-state index in [1.54, 1.807) is 16.7 Å². The maximum atomic E-state index is 13.2. The number of thioether (sulfide) groups is 1. The molecule has 5 rings (SSSR count). The van der Waals surface area contributed by atoms with Gasteiger partial charge in [-0.15, -0.1) is 11.8 Å². The normalized spacial score (nSPS) is 22.7. The van der Waals surface area contributed by atoms with E-state index in [1.807, 2.05) is 62.4 Å². The molecule has 1 N–H and O–H groups in total. The molecule has 0 aliphatic carbocycles. The molecule has 27 heavy (non-hydrogen) atoms. The summed E-state index contributed by atoms with van der Waals surface area (Å²) < 4.78 is 0.629. The summed E-state index contributed by atoms with van der Waals surface area (Å²) in [6, 6.07) is 14.9. The van der Waals surface area contributed by atoms with Gasteiger partial charge in [0, 0.05) is 10.3 Å². The van der Waals surface area contributed by atoms with Crippen LogP contribution in [0.4, 0.5) is 5.13 Å². The van der Waals surface area contributed by atoms with Crippen molar-refractivity contribution in [2.24, 2.45) is 0 Å². The number of aromatic nitrogens is 1. The van der Waals surface area contributed by atoms with Crippen LogP contribution in [0.2, 0.25) is 0 Å². The minimum absolute atomic E-state index is 0.0712. The third-order valence-electron chi connectivity index (χ3n) is 5.07. The summed E-state index contributed by atoms with van der Waals surface area (Å²) in [6.45, 7) is 4.04. The Balaban J connectivity index is 1.48. The number of anilines is 1. The molecule has 5 nitrogen and oxygen atoms in total. The van der Waals surface area contributed by atoms with E-state index in [0.29, 0.717) is 10.7 Å². The van der Waals surface area contributed by atoms with Gasteiger partial charge < -0.3 is 10.2 Å². The zero-order valence-corrected chi connectivity index (χ0v) is 16.4. The predicted octanol–water partition coefficient (Wildman–Crippen LogP) is 4.28. The number of nitrogens with zero attached hydrogens (tertiary/aromatic N) is 2. The number of hydrogen-bond donors (Lipinski definition) is 1. The highest BCUT2D eigenvalue weighted by atomic mass is 32.2. The Labute approximate surface area is 164 Å². The van der Waals surface area contributed by atoms with Gasteiger partial charge >= 0.3 is 0 Å². The number of para-hydroxylation sites is 1. The summed E-state index contributed by atoms with van der Waals surface area (Å²) in [5, 5.41) is 3.40. The predicted molar refractivity (Wildman–Crippen MR) is 109 cm³/mol. The lowest BCUT2D eigenvalue weighted by Gasteiger charge is -2.29. The van der Waals surface area contributed by atoms with Gasteiger partial charge in [-0.2, -0.15) is 0 Å². The van der Waals surface area contributed by atoms with Crippen LogP contribution in [-0.2, 0) is 4.79 Å². The maximum Gasteiger partial charge on any atom is 0.256 e. The highest BCUT2D eigenvalue weighted by molar-refractivity contribution is 8.01. The van der Waals surface area contributed by atoms with Crippen LogP contribution in [0.15, 0.2) is 48.5 Å². The van der Waals surface area contributed by atoms with Crippen molar-refractivity contribution in [2.45, 2.75) is 30.0 Å². The molecule has 3 heterocycles. The molecular weight excluding hydrogens is 378 g/mol. The second kappa shape index (κ2) is 5.81. The lowest BCUT2D eigenvalue weighted by Crippen LogP contribution is -2.50. The summed E-state index contributed by atoms with van der Waals surface area (Å²) >= 11 is 3.11. The Morgan fingerprint density at radius 1 is 1.15 bits per heavy atom. The number of amides is 2. The van der Waals surface area contributed by atoms with Gasteiger partial charge in [0.15, 0.2) is 5.13 Å². The van der Waals surface area contributed by atoms with Gasteiger partial charge in [0.2, 0.25) is 5.91 Å². The fraction of sp³-hybridized carbons (Fsp3) is 0.250. The third-order valence-corrected chi connectivity index (χ3v) is 7.56. The molecule has 0 saturated carbocycles. The van der Waals surface area contributed by atoms with E-state index in [0.717, 1.165) is 15.8 Å². The standard InChI is InChI=1S/C20H17N3O2S2/c1-20(2)15(16(24)22-19-21-13-9-5-6-10-14(13)26-19)23-17(25)11-7-3-4-8-12(11)18(23)27-20/h3-10,15,18H,1-2H3,(H,21,22,24). The van der Waals surface area contributed by atoms with E-state index < -0.39 is 10.8 Å². The fourth-order valence-corrected chi connectivity index (χ4v) is 6.36. The van der Waals surface area contributed by atoms with Crippen molar-refractivity contribution < 1.29 is 9.59 Å². The summed E-state index contributed by atoms with van der Waals surface area (Å²) in [7, 11) is 0. The van der Waals surface area contributed by atoms with E-state index in [-0.39, 0.29) is 17.2 Å². The monoisotopic (exact) mass is 395 g/mol.